The first-order valence-corrected chi connectivity index (χ1v) is 23.5. The van der Waals surface area contributed by atoms with Gasteiger partial charge in [-0.15, -0.1) is 11.3 Å². The molecule has 0 radical (unpaired) electrons. The fraction of sp³-hybridized carbons (Fsp3) is 0. The van der Waals surface area contributed by atoms with Crippen LogP contribution in [0.3, 0.4) is 0 Å². The summed E-state index contributed by atoms with van der Waals surface area (Å²) in [5.41, 5.74) is 15.6. The standard InChI is InChI=1S/C62H38N4S/c1-3-14-39(15-4-1)42-16-13-17-43(36-42)40-26-28-41(29-27-40)60-50-22-7-10-23-53(50)63-62(64-60)66-54-24-11-8-20-47(54)51-37-44(30-33-55(51)66)45-31-34-56-52(38-45)59-57(65(56)46-18-5-2-6-19-46)35-32-49-48-21-9-12-25-58(48)67-61(49)59/h1-38H. The first-order valence-electron chi connectivity index (χ1n) is 22.7. The molecule has 0 aliphatic rings. The third kappa shape index (κ3) is 5.99. The van der Waals surface area contributed by atoms with Crippen LogP contribution in [0.25, 0.3) is 131 Å². The smallest absolute Gasteiger partial charge is 0.235 e. The summed E-state index contributed by atoms with van der Waals surface area (Å²) in [5, 5.41) is 8.51. The maximum atomic E-state index is 5.43. The predicted molar refractivity (Wildman–Crippen MR) is 283 cm³/mol. The molecular formula is C62H38N4S. The second-order valence-corrected chi connectivity index (χ2v) is 18.4. The lowest BCUT2D eigenvalue weighted by atomic mass is 9.97. The zero-order chi connectivity index (χ0) is 44.0. The van der Waals surface area contributed by atoms with Crippen LogP contribution in [0.15, 0.2) is 231 Å². The number of hydrogen-bond acceptors (Lipinski definition) is 3. The van der Waals surface area contributed by atoms with E-state index in [4.69, 9.17) is 9.97 Å². The van der Waals surface area contributed by atoms with E-state index in [0.717, 1.165) is 60.8 Å². The second kappa shape index (κ2) is 15.0. The number of aromatic nitrogens is 4. The number of rotatable bonds is 6. The van der Waals surface area contributed by atoms with Gasteiger partial charge in [-0.1, -0.05) is 164 Å². The Balaban J connectivity index is 0.911. The predicted octanol–water partition coefficient (Wildman–Crippen LogP) is 16.9. The molecule has 0 atom stereocenters. The monoisotopic (exact) mass is 870 g/mol. The van der Waals surface area contributed by atoms with Gasteiger partial charge in [0.05, 0.1) is 33.3 Å². The van der Waals surface area contributed by atoms with Crippen LogP contribution in [0.5, 0.6) is 0 Å². The van der Waals surface area contributed by atoms with Gasteiger partial charge in [-0.25, -0.2) is 9.97 Å². The van der Waals surface area contributed by atoms with Crippen LogP contribution in [0.2, 0.25) is 0 Å². The SMILES string of the molecule is c1ccc(-c2cccc(-c3ccc(-c4nc(-n5c6ccccc6c6cc(-c7ccc8c(c7)c7c9sc%10ccccc%10c9ccc7n8-c7ccccc7)ccc65)nc5ccccc45)cc3)c2)cc1. The highest BCUT2D eigenvalue weighted by molar-refractivity contribution is 7.26. The van der Waals surface area contributed by atoms with Crippen molar-refractivity contribution in [1.82, 2.24) is 19.1 Å². The van der Waals surface area contributed by atoms with Gasteiger partial charge in [0.25, 0.3) is 0 Å². The molecule has 312 valence electrons. The maximum Gasteiger partial charge on any atom is 0.235 e. The van der Waals surface area contributed by atoms with Gasteiger partial charge in [0.15, 0.2) is 0 Å². The van der Waals surface area contributed by atoms with Gasteiger partial charge in [-0.2, -0.15) is 0 Å². The summed E-state index contributed by atoms with van der Waals surface area (Å²) < 4.78 is 7.30. The van der Waals surface area contributed by atoms with Gasteiger partial charge in [-0.3, -0.25) is 4.57 Å². The molecule has 4 aromatic heterocycles. The average Bonchev–Trinajstić information content (AvgIpc) is 4.06. The van der Waals surface area contributed by atoms with Crippen molar-refractivity contribution in [3.05, 3.63) is 231 Å². The Morgan fingerprint density at radius 2 is 0.866 bits per heavy atom. The summed E-state index contributed by atoms with van der Waals surface area (Å²) in [6.07, 6.45) is 0. The molecule has 4 heterocycles. The maximum absolute atomic E-state index is 5.43. The molecule has 67 heavy (non-hydrogen) atoms. The van der Waals surface area contributed by atoms with E-state index in [9.17, 15) is 0 Å². The topological polar surface area (TPSA) is 35.6 Å². The normalized spacial score (nSPS) is 11.9. The molecule has 0 saturated carbocycles. The van der Waals surface area contributed by atoms with Gasteiger partial charge in [0.1, 0.15) is 0 Å². The first-order chi connectivity index (χ1) is 33.2. The molecule has 0 unspecified atom stereocenters. The summed E-state index contributed by atoms with van der Waals surface area (Å²) >= 11 is 1.89. The highest BCUT2D eigenvalue weighted by Gasteiger charge is 2.21. The zero-order valence-corrected chi connectivity index (χ0v) is 37.0. The quantitative estimate of drug-likeness (QED) is 0.167. The molecule has 0 bridgehead atoms. The van der Waals surface area contributed by atoms with Crippen molar-refractivity contribution in [1.29, 1.82) is 0 Å². The van der Waals surface area contributed by atoms with Crippen molar-refractivity contribution in [3.8, 4) is 56.3 Å². The van der Waals surface area contributed by atoms with E-state index in [1.807, 2.05) is 11.3 Å². The van der Waals surface area contributed by atoms with Gasteiger partial charge in [0, 0.05) is 58.4 Å². The van der Waals surface area contributed by atoms with Crippen molar-refractivity contribution in [2.75, 3.05) is 0 Å². The molecule has 4 nitrogen and oxygen atoms in total. The minimum absolute atomic E-state index is 0.648. The molecule has 5 heteroatoms. The Labute approximate surface area is 389 Å². The number of hydrogen-bond donors (Lipinski definition) is 0. The molecule has 14 rings (SSSR count). The first kappa shape index (κ1) is 37.7. The van der Waals surface area contributed by atoms with Gasteiger partial charge in [-0.05, 0) is 100 Å². The van der Waals surface area contributed by atoms with E-state index in [-0.39, 0.29) is 0 Å². The molecule has 0 N–H and O–H groups in total. The highest BCUT2D eigenvalue weighted by Crippen LogP contribution is 2.45. The fourth-order valence-electron chi connectivity index (χ4n) is 10.4. The third-order valence-electron chi connectivity index (χ3n) is 13.5. The number of fused-ring (bicyclic) bond motifs is 11. The largest absolute Gasteiger partial charge is 0.309 e. The van der Waals surface area contributed by atoms with E-state index in [1.165, 1.54) is 64.2 Å². The van der Waals surface area contributed by atoms with E-state index in [0.29, 0.717) is 5.95 Å². The molecule has 10 aromatic carbocycles. The van der Waals surface area contributed by atoms with Crippen LogP contribution < -0.4 is 0 Å². The molecule has 0 amide bonds. The van der Waals surface area contributed by atoms with Crippen LogP contribution in [0.4, 0.5) is 0 Å². The highest BCUT2D eigenvalue weighted by atomic mass is 32.1. The van der Waals surface area contributed by atoms with E-state index in [1.54, 1.807) is 0 Å². The van der Waals surface area contributed by atoms with Gasteiger partial charge >= 0.3 is 0 Å². The van der Waals surface area contributed by atoms with Crippen molar-refractivity contribution < 1.29 is 0 Å². The second-order valence-electron chi connectivity index (χ2n) is 17.3. The summed E-state index contributed by atoms with van der Waals surface area (Å²) in [6.45, 7) is 0. The Kier molecular flexibility index (Phi) is 8.42. The lowest BCUT2D eigenvalue weighted by Gasteiger charge is -2.12. The van der Waals surface area contributed by atoms with Crippen LogP contribution >= 0.6 is 11.3 Å². The molecule has 0 spiro atoms. The number of para-hydroxylation sites is 3. The van der Waals surface area contributed by atoms with Crippen LogP contribution in [0, 0.1) is 0 Å². The molecule has 0 aliphatic heterocycles. The number of thiophene rings is 1. The Morgan fingerprint density at radius 1 is 0.313 bits per heavy atom. The number of nitrogens with zero attached hydrogens (tertiary/aromatic N) is 4. The average molecular weight is 871 g/mol. The van der Waals surface area contributed by atoms with Crippen LogP contribution in [-0.4, -0.2) is 19.1 Å². The van der Waals surface area contributed by atoms with Crippen molar-refractivity contribution in [2.45, 2.75) is 0 Å². The molecule has 14 aromatic rings. The molecule has 0 fully saturated rings. The number of benzene rings is 10. The Hall–Kier alpha value is -8.64. The zero-order valence-electron chi connectivity index (χ0n) is 36.1. The van der Waals surface area contributed by atoms with Gasteiger partial charge < -0.3 is 4.57 Å². The minimum Gasteiger partial charge on any atom is -0.309 e. The Morgan fingerprint density at radius 3 is 1.66 bits per heavy atom. The molecule has 0 aliphatic carbocycles. The third-order valence-corrected chi connectivity index (χ3v) is 14.7. The Bertz CT molecular complexity index is 4260. The fourth-order valence-corrected chi connectivity index (χ4v) is 11.7. The lowest BCUT2D eigenvalue weighted by Crippen LogP contribution is -2.03. The lowest BCUT2D eigenvalue weighted by molar-refractivity contribution is 1.01. The minimum atomic E-state index is 0.648. The van der Waals surface area contributed by atoms with Crippen LogP contribution in [0.1, 0.15) is 0 Å². The van der Waals surface area contributed by atoms with Gasteiger partial charge in [0.2, 0.25) is 5.95 Å². The summed E-state index contributed by atoms with van der Waals surface area (Å²) in [6, 6.07) is 83.1. The van der Waals surface area contributed by atoms with Crippen molar-refractivity contribution in [3.63, 3.8) is 0 Å². The molecular weight excluding hydrogens is 833 g/mol. The van der Waals surface area contributed by atoms with E-state index >= 15 is 0 Å². The summed E-state index contributed by atoms with van der Waals surface area (Å²) in [4.78, 5) is 10.7. The van der Waals surface area contributed by atoms with Crippen molar-refractivity contribution >= 4 is 86.0 Å². The van der Waals surface area contributed by atoms with Crippen molar-refractivity contribution in [2.24, 2.45) is 0 Å². The van der Waals surface area contributed by atoms with E-state index < -0.39 is 0 Å². The van der Waals surface area contributed by atoms with E-state index in [2.05, 4.69) is 240 Å². The van der Waals surface area contributed by atoms with Crippen LogP contribution in [-0.2, 0) is 0 Å². The molecule has 0 saturated heterocycles. The summed E-state index contributed by atoms with van der Waals surface area (Å²) in [7, 11) is 0. The summed E-state index contributed by atoms with van der Waals surface area (Å²) in [5.74, 6) is 0.648.